The Balaban J connectivity index is 1.74. The van der Waals surface area contributed by atoms with E-state index < -0.39 is 7.14 Å². The van der Waals surface area contributed by atoms with E-state index >= 15 is 0 Å². The van der Waals surface area contributed by atoms with E-state index in [2.05, 4.69) is 58.8 Å². The van der Waals surface area contributed by atoms with Crippen molar-refractivity contribution >= 4 is 34.7 Å². The van der Waals surface area contributed by atoms with Crippen molar-refractivity contribution in [1.82, 2.24) is 4.98 Å². The third kappa shape index (κ3) is 3.65. The first kappa shape index (κ1) is 17.5. The highest BCUT2D eigenvalue weighted by Crippen LogP contribution is 2.35. The van der Waals surface area contributed by atoms with Crippen molar-refractivity contribution in [2.24, 2.45) is 0 Å². The van der Waals surface area contributed by atoms with Crippen LogP contribution in [0.15, 0.2) is 85.1 Å². The van der Waals surface area contributed by atoms with Crippen molar-refractivity contribution in [3.05, 3.63) is 85.1 Å². The zero-order chi connectivity index (χ0) is 18.9. The molecule has 134 valence electrons. The highest BCUT2D eigenvalue weighted by molar-refractivity contribution is 7.70. The Hall–Kier alpha value is -2.90. The number of benzene rings is 3. The molecule has 0 aliphatic rings. The number of fused-ring (bicyclic) bond motifs is 1. The van der Waals surface area contributed by atoms with Gasteiger partial charge in [-0.15, -0.1) is 0 Å². The number of pyridine rings is 1. The van der Waals surface area contributed by atoms with Crippen LogP contribution in [0.1, 0.15) is 0 Å². The Labute approximate surface area is 159 Å². The summed E-state index contributed by atoms with van der Waals surface area (Å²) in [5, 5.41) is 6.51. The highest BCUT2D eigenvalue weighted by atomic mass is 31.2. The lowest BCUT2D eigenvalue weighted by Crippen LogP contribution is -2.03. The van der Waals surface area contributed by atoms with Gasteiger partial charge in [-0.05, 0) is 60.2 Å². The second-order valence-corrected chi connectivity index (χ2v) is 10.2. The quantitative estimate of drug-likeness (QED) is 0.454. The predicted molar refractivity (Wildman–Crippen MR) is 116 cm³/mol. The van der Waals surface area contributed by atoms with Gasteiger partial charge in [-0.2, -0.15) is 0 Å². The largest absolute Gasteiger partial charge is 0.340 e. The summed E-state index contributed by atoms with van der Waals surface area (Å²) >= 11 is 0. The van der Waals surface area contributed by atoms with Crippen molar-refractivity contribution in [3.8, 4) is 11.1 Å². The molecule has 0 amide bonds. The number of rotatable bonds is 4. The number of hydrogen-bond donors (Lipinski definition) is 1. The fourth-order valence-electron chi connectivity index (χ4n) is 3.22. The third-order valence-corrected chi connectivity index (χ3v) is 6.18. The molecule has 4 rings (SSSR count). The van der Waals surface area contributed by atoms with Gasteiger partial charge in [-0.1, -0.05) is 48.5 Å². The number of aromatic nitrogens is 1. The SMILES string of the molecule is CP(C)(=O)c1ccc(Nc2nccc3c(-c4ccccc4)cccc23)cc1. The van der Waals surface area contributed by atoms with E-state index in [1.165, 1.54) is 11.1 Å². The summed E-state index contributed by atoms with van der Waals surface area (Å²) < 4.78 is 12.2. The Morgan fingerprint density at radius 2 is 1.52 bits per heavy atom. The van der Waals surface area contributed by atoms with Crippen LogP contribution < -0.4 is 10.6 Å². The summed E-state index contributed by atoms with van der Waals surface area (Å²) in [5.41, 5.74) is 3.30. The van der Waals surface area contributed by atoms with E-state index in [-0.39, 0.29) is 0 Å². The zero-order valence-electron chi connectivity index (χ0n) is 15.4. The molecule has 0 bridgehead atoms. The van der Waals surface area contributed by atoms with Crippen LogP contribution in [0.2, 0.25) is 0 Å². The van der Waals surface area contributed by atoms with Crippen LogP contribution in [-0.2, 0) is 4.57 Å². The van der Waals surface area contributed by atoms with Crippen molar-refractivity contribution in [3.63, 3.8) is 0 Å². The number of nitrogens with one attached hydrogen (secondary N) is 1. The molecule has 1 aromatic heterocycles. The molecular formula is C23H21N2OP. The minimum atomic E-state index is -2.24. The fraction of sp³-hybridized carbons (Fsp3) is 0.0870. The molecule has 0 fully saturated rings. The molecule has 0 radical (unpaired) electrons. The van der Waals surface area contributed by atoms with Gasteiger partial charge in [0.15, 0.2) is 0 Å². The van der Waals surface area contributed by atoms with E-state index in [0.29, 0.717) is 0 Å². The Kier molecular flexibility index (Phi) is 4.55. The molecule has 0 saturated heterocycles. The Morgan fingerprint density at radius 1 is 0.778 bits per heavy atom. The maximum Gasteiger partial charge on any atom is 0.138 e. The summed E-state index contributed by atoms with van der Waals surface area (Å²) in [6, 6.07) is 26.4. The van der Waals surface area contributed by atoms with Crippen molar-refractivity contribution in [2.45, 2.75) is 0 Å². The summed E-state index contributed by atoms with van der Waals surface area (Å²) in [5.74, 6) is 0.814. The first-order valence-corrected chi connectivity index (χ1v) is 11.5. The van der Waals surface area contributed by atoms with E-state index in [4.69, 9.17) is 0 Å². The van der Waals surface area contributed by atoms with Crippen molar-refractivity contribution in [2.75, 3.05) is 18.6 Å². The van der Waals surface area contributed by atoms with Gasteiger partial charge in [0.05, 0.1) is 0 Å². The van der Waals surface area contributed by atoms with Crippen LogP contribution in [0.25, 0.3) is 21.9 Å². The normalized spacial score (nSPS) is 11.5. The third-order valence-electron chi connectivity index (χ3n) is 4.64. The van der Waals surface area contributed by atoms with Crippen LogP contribution in [0, 0.1) is 0 Å². The molecule has 0 saturated carbocycles. The Bertz CT molecular complexity index is 1130. The molecule has 27 heavy (non-hydrogen) atoms. The molecule has 3 aromatic carbocycles. The molecule has 1 heterocycles. The Morgan fingerprint density at radius 3 is 2.22 bits per heavy atom. The van der Waals surface area contributed by atoms with E-state index in [1.807, 2.05) is 36.5 Å². The van der Waals surface area contributed by atoms with Crippen LogP contribution in [0.4, 0.5) is 11.5 Å². The van der Waals surface area contributed by atoms with Gasteiger partial charge in [-0.25, -0.2) is 4.98 Å². The second kappa shape index (κ2) is 7.02. The van der Waals surface area contributed by atoms with Gasteiger partial charge in [-0.3, -0.25) is 0 Å². The van der Waals surface area contributed by atoms with Crippen LogP contribution >= 0.6 is 7.14 Å². The van der Waals surface area contributed by atoms with Gasteiger partial charge in [0, 0.05) is 22.6 Å². The summed E-state index contributed by atoms with van der Waals surface area (Å²) in [7, 11) is -2.24. The monoisotopic (exact) mass is 372 g/mol. The van der Waals surface area contributed by atoms with Gasteiger partial charge < -0.3 is 9.88 Å². The summed E-state index contributed by atoms with van der Waals surface area (Å²) in [6.45, 7) is 3.57. The van der Waals surface area contributed by atoms with Gasteiger partial charge in [0.25, 0.3) is 0 Å². The van der Waals surface area contributed by atoms with Crippen molar-refractivity contribution < 1.29 is 4.57 Å². The molecule has 4 heteroatoms. The van der Waals surface area contributed by atoms with Gasteiger partial charge in [0.1, 0.15) is 13.0 Å². The van der Waals surface area contributed by atoms with Crippen LogP contribution in [-0.4, -0.2) is 18.3 Å². The molecular weight excluding hydrogens is 351 g/mol. The predicted octanol–water partition coefficient (Wildman–Crippen LogP) is 5.89. The van der Waals surface area contributed by atoms with E-state index in [1.54, 1.807) is 13.3 Å². The number of hydrogen-bond acceptors (Lipinski definition) is 3. The lowest BCUT2D eigenvalue weighted by Gasteiger charge is -2.13. The maximum absolute atomic E-state index is 12.2. The number of nitrogens with zero attached hydrogens (tertiary/aromatic N) is 1. The number of anilines is 2. The first-order valence-electron chi connectivity index (χ1n) is 8.88. The summed E-state index contributed by atoms with van der Waals surface area (Å²) in [6.07, 6.45) is 1.83. The first-order chi connectivity index (χ1) is 13.0. The van der Waals surface area contributed by atoms with Crippen LogP contribution in [0.5, 0.6) is 0 Å². The topological polar surface area (TPSA) is 42.0 Å². The molecule has 3 nitrogen and oxygen atoms in total. The zero-order valence-corrected chi connectivity index (χ0v) is 16.3. The van der Waals surface area contributed by atoms with E-state index in [9.17, 15) is 4.57 Å². The maximum atomic E-state index is 12.2. The molecule has 0 unspecified atom stereocenters. The molecule has 0 aliphatic heterocycles. The average molecular weight is 372 g/mol. The molecule has 1 N–H and O–H groups in total. The minimum absolute atomic E-state index is 0.814. The standard InChI is InChI=1S/C23H21N2OP/c1-27(2,26)19-13-11-18(12-14-19)25-23-22-10-6-9-20(21(22)15-16-24-23)17-7-4-3-5-8-17/h3-16H,1-2H3,(H,24,25). The molecule has 4 aromatic rings. The smallest absolute Gasteiger partial charge is 0.138 e. The lowest BCUT2D eigenvalue weighted by molar-refractivity contribution is 0.588. The van der Waals surface area contributed by atoms with Crippen molar-refractivity contribution in [1.29, 1.82) is 0 Å². The molecule has 0 spiro atoms. The van der Waals surface area contributed by atoms with Gasteiger partial charge >= 0.3 is 0 Å². The van der Waals surface area contributed by atoms with E-state index in [0.717, 1.165) is 27.6 Å². The molecule has 0 aliphatic carbocycles. The highest BCUT2D eigenvalue weighted by Gasteiger charge is 2.11. The van der Waals surface area contributed by atoms with Gasteiger partial charge in [0.2, 0.25) is 0 Å². The fourth-order valence-corrected chi connectivity index (χ4v) is 4.08. The minimum Gasteiger partial charge on any atom is -0.340 e. The summed E-state index contributed by atoms with van der Waals surface area (Å²) in [4.78, 5) is 4.54. The van der Waals surface area contributed by atoms with Crippen LogP contribution in [0.3, 0.4) is 0 Å². The second-order valence-electron chi connectivity index (χ2n) is 6.95. The lowest BCUT2D eigenvalue weighted by atomic mass is 9.99. The molecule has 0 atom stereocenters. The average Bonchev–Trinajstić information content (AvgIpc) is 2.68.